The van der Waals surface area contributed by atoms with E-state index < -0.39 is 5.97 Å². The van der Waals surface area contributed by atoms with Gasteiger partial charge in [0.15, 0.2) is 0 Å². The molecule has 0 rings (SSSR count). The molecule has 0 aliphatic carbocycles. The quantitative estimate of drug-likeness (QED) is 0.448. The highest BCUT2D eigenvalue weighted by Gasteiger charge is 2.03. The van der Waals surface area contributed by atoms with Gasteiger partial charge in [0.25, 0.3) is 0 Å². The number of aliphatic imine (C=N–C) groups is 1. The van der Waals surface area contributed by atoms with Gasteiger partial charge in [-0.05, 0) is 0 Å². The molecule has 3 heteroatoms. The second-order valence-electron chi connectivity index (χ2n) is 1.47. The summed E-state index contributed by atoms with van der Waals surface area (Å²) in [6.07, 6.45) is 1.84. The van der Waals surface area contributed by atoms with Gasteiger partial charge in [0.05, 0.1) is 0 Å². The Kier molecular flexibility index (Phi) is 3.35. The Bertz CT molecular complexity index is 149. The van der Waals surface area contributed by atoms with Crippen LogP contribution in [0.1, 0.15) is 6.42 Å². The molecule has 0 atom stereocenters. The van der Waals surface area contributed by atoms with Gasteiger partial charge in [0.1, 0.15) is 5.71 Å². The lowest BCUT2D eigenvalue weighted by atomic mass is 10.3. The van der Waals surface area contributed by atoms with E-state index >= 15 is 0 Å². The van der Waals surface area contributed by atoms with Crippen LogP contribution in [0, 0.1) is 0 Å². The first kappa shape index (κ1) is 7.88. The van der Waals surface area contributed by atoms with Crippen molar-refractivity contribution in [2.45, 2.75) is 6.42 Å². The van der Waals surface area contributed by atoms with E-state index in [9.17, 15) is 4.79 Å². The van der Waals surface area contributed by atoms with Crippen LogP contribution in [-0.2, 0) is 4.79 Å². The third-order valence-corrected chi connectivity index (χ3v) is 0.854. The minimum Gasteiger partial charge on any atom is -0.477 e. The molecule has 1 N–H and O–H groups in total. The van der Waals surface area contributed by atoms with Gasteiger partial charge in [0, 0.05) is 13.5 Å². The van der Waals surface area contributed by atoms with Crippen molar-refractivity contribution in [3.63, 3.8) is 0 Å². The molecule has 0 aromatic heterocycles. The number of carbonyl (C=O) groups is 1. The maximum Gasteiger partial charge on any atom is 0.350 e. The average Bonchev–Trinajstić information content (AvgIpc) is 1.82. The molecule has 0 amide bonds. The molecule has 0 radical (unpaired) electrons. The molecular formula is C6H9NO2. The lowest BCUT2D eigenvalue weighted by Gasteiger charge is -1.91. The van der Waals surface area contributed by atoms with Crippen LogP contribution < -0.4 is 0 Å². The first-order chi connectivity index (χ1) is 4.22. The molecule has 0 bridgehead atoms. The summed E-state index contributed by atoms with van der Waals surface area (Å²) in [5.74, 6) is -0.975. The van der Waals surface area contributed by atoms with Crippen LogP contribution >= 0.6 is 0 Å². The molecule has 0 aliphatic heterocycles. The Morgan fingerprint density at radius 2 is 2.44 bits per heavy atom. The average molecular weight is 127 g/mol. The summed E-state index contributed by atoms with van der Waals surface area (Å²) in [4.78, 5) is 13.7. The topological polar surface area (TPSA) is 49.7 Å². The van der Waals surface area contributed by atoms with E-state index in [1.807, 2.05) is 0 Å². The van der Waals surface area contributed by atoms with Crippen LogP contribution in [0.15, 0.2) is 17.6 Å². The second-order valence-corrected chi connectivity index (χ2v) is 1.47. The fourth-order valence-corrected chi connectivity index (χ4v) is 0.411. The molecule has 0 spiro atoms. The summed E-state index contributed by atoms with van der Waals surface area (Å²) >= 11 is 0. The summed E-state index contributed by atoms with van der Waals surface area (Å²) in [5.41, 5.74) is 0.144. The van der Waals surface area contributed by atoms with Crippen molar-refractivity contribution in [3.8, 4) is 0 Å². The third-order valence-electron chi connectivity index (χ3n) is 0.854. The Hall–Kier alpha value is -1.12. The number of nitrogens with zero attached hydrogens (tertiary/aromatic N) is 1. The zero-order valence-electron chi connectivity index (χ0n) is 5.29. The fraction of sp³-hybridized carbons (Fsp3) is 0.333. The number of allylic oxidation sites excluding steroid dienone is 1. The zero-order chi connectivity index (χ0) is 7.28. The van der Waals surface area contributed by atoms with Crippen molar-refractivity contribution in [2.75, 3.05) is 7.05 Å². The van der Waals surface area contributed by atoms with Gasteiger partial charge in [-0.15, -0.1) is 6.58 Å². The molecule has 0 saturated heterocycles. The van der Waals surface area contributed by atoms with Gasteiger partial charge in [-0.3, -0.25) is 4.99 Å². The SMILES string of the molecule is C=CCC(=NC)C(=O)O. The van der Waals surface area contributed by atoms with Crippen LogP contribution in [0.5, 0.6) is 0 Å². The number of carboxylic acids is 1. The Morgan fingerprint density at radius 1 is 1.89 bits per heavy atom. The molecule has 0 aromatic rings. The summed E-state index contributed by atoms with van der Waals surface area (Å²) < 4.78 is 0. The number of hydrogen-bond acceptors (Lipinski definition) is 2. The van der Waals surface area contributed by atoms with Crippen LogP contribution in [0.2, 0.25) is 0 Å². The van der Waals surface area contributed by atoms with Crippen LogP contribution in [-0.4, -0.2) is 23.8 Å². The minimum absolute atomic E-state index is 0.144. The Balaban J connectivity index is 4.00. The van der Waals surface area contributed by atoms with Crippen LogP contribution in [0.3, 0.4) is 0 Å². The highest BCUT2D eigenvalue weighted by atomic mass is 16.4. The molecule has 50 valence electrons. The molecular weight excluding hydrogens is 118 g/mol. The van der Waals surface area contributed by atoms with E-state index in [-0.39, 0.29) is 5.71 Å². The van der Waals surface area contributed by atoms with Gasteiger partial charge in [-0.2, -0.15) is 0 Å². The largest absolute Gasteiger partial charge is 0.477 e. The fourth-order valence-electron chi connectivity index (χ4n) is 0.411. The lowest BCUT2D eigenvalue weighted by Crippen LogP contribution is -2.11. The Labute approximate surface area is 53.7 Å². The van der Waals surface area contributed by atoms with Gasteiger partial charge in [0.2, 0.25) is 0 Å². The van der Waals surface area contributed by atoms with Crippen molar-refractivity contribution < 1.29 is 9.90 Å². The molecule has 3 nitrogen and oxygen atoms in total. The van der Waals surface area contributed by atoms with Crippen molar-refractivity contribution in [1.82, 2.24) is 0 Å². The highest BCUT2D eigenvalue weighted by Crippen LogP contribution is 1.86. The van der Waals surface area contributed by atoms with E-state index in [1.165, 1.54) is 13.1 Å². The van der Waals surface area contributed by atoms with Crippen molar-refractivity contribution >= 4 is 11.7 Å². The van der Waals surface area contributed by atoms with Crippen LogP contribution in [0.4, 0.5) is 0 Å². The monoisotopic (exact) mass is 127 g/mol. The normalized spacial score (nSPS) is 11.0. The van der Waals surface area contributed by atoms with E-state index in [1.54, 1.807) is 0 Å². The molecule has 0 unspecified atom stereocenters. The molecule has 0 fully saturated rings. The lowest BCUT2D eigenvalue weighted by molar-refractivity contribution is -0.129. The minimum atomic E-state index is -0.975. The van der Waals surface area contributed by atoms with Gasteiger partial charge in [-0.1, -0.05) is 6.08 Å². The highest BCUT2D eigenvalue weighted by molar-refractivity contribution is 6.35. The van der Waals surface area contributed by atoms with Gasteiger partial charge >= 0.3 is 5.97 Å². The van der Waals surface area contributed by atoms with Crippen molar-refractivity contribution in [1.29, 1.82) is 0 Å². The summed E-state index contributed by atoms with van der Waals surface area (Å²) in [5, 5.41) is 8.33. The molecule has 0 aliphatic rings. The molecule has 9 heavy (non-hydrogen) atoms. The number of rotatable bonds is 3. The van der Waals surface area contributed by atoms with Gasteiger partial charge < -0.3 is 5.11 Å². The molecule has 0 saturated carbocycles. The smallest absolute Gasteiger partial charge is 0.350 e. The summed E-state index contributed by atoms with van der Waals surface area (Å²) in [7, 11) is 1.45. The van der Waals surface area contributed by atoms with E-state index in [2.05, 4.69) is 11.6 Å². The standard InChI is InChI=1S/C6H9NO2/c1-3-4-5(7-2)6(8)9/h3H,1,4H2,2H3,(H,8,9). The zero-order valence-corrected chi connectivity index (χ0v) is 5.29. The molecule has 0 aromatic carbocycles. The molecule has 0 heterocycles. The van der Waals surface area contributed by atoms with E-state index in [4.69, 9.17) is 5.11 Å². The van der Waals surface area contributed by atoms with Gasteiger partial charge in [-0.25, -0.2) is 4.79 Å². The maximum atomic E-state index is 10.1. The maximum absolute atomic E-state index is 10.1. The second kappa shape index (κ2) is 3.83. The number of aliphatic carboxylic acids is 1. The summed E-state index contributed by atoms with van der Waals surface area (Å²) in [6.45, 7) is 3.39. The first-order valence-corrected chi connectivity index (χ1v) is 2.52. The first-order valence-electron chi connectivity index (χ1n) is 2.52. The predicted molar refractivity (Wildman–Crippen MR) is 35.8 cm³/mol. The van der Waals surface area contributed by atoms with Crippen molar-refractivity contribution in [2.24, 2.45) is 4.99 Å². The number of hydrogen-bond donors (Lipinski definition) is 1. The number of carboxylic acid groups (broad SMARTS) is 1. The summed E-state index contributed by atoms with van der Waals surface area (Å²) in [6, 6.07) is 0. The third kappa shape index (κ3) is 2.64. The predicted octanol–water partition coefficient (Wildman–Crippen LogP) is 0.718. The van der Waals surface area contributed by atoms with E-state index in [0.717, 1.165) is 0 Å². The van der Waals surface area contributed by atoms with Crippen LogP contribution in [0.25, 0.3) is 0 Å². The van der Waals surface area contributed by atoms with E-state index in [0.29, 0.717) is 6.42 Å². The van der Waals surface area contributed by atoms with Crippen molar-refractivity contribution in [3.05, 3.63) is 12.7 Å². The Morgan fingerprint density at radius 3 is 2.56 bits per heavy atom.